The third-order valence-corrected chi connectivity index (χ3v) is 4.78. The number of piperidine rings is 1. The number of nitrogens with zero attached hydrogens (tertiary/aromatic N) is 1. The number of benzene rings is 1. The van der Waals surface area contributed by atoms with Crippen LogP contribution < -0.4 is 5.32 Å². The Morgan fingerprint density at radius 1 is 1.19 bits per heavy atom. The van der Waals surface area contributed by atoms with Crippen LogP contribution in [0.1, 0.15) is 57.2 Å². The van der Waals surface area contributed by atoms with E-state index in [1.165, 1.54) is 36.9 Å². The van der Waals surface area contributed by atoms with Gasteiger partial charge in [-0.05, 0) is 51.1 Å². The Kier molecular flexibility index (Phi) is 6.25. The van der Waals surface area contributed by atoms with Crippen molar-refractivity contribution in [2.45, 2.75) is 59.0 Å². The van der Waals surface area contributed by atoms with Crippen molar-refractivity contribution in [3.05, 3.63) is 35.4 Å². The predicted octanol–water partition coefficient (Wildman–Crippen LogP) is 4.16. The third-order valence-electron chi connectivity index (χ3n) is 4.78. The van der Waals surface area contributed by atoms with Crippen molar-refractivity contribution in [3.8, 4) is 0 Å². The SMILES string of the molecule is CCCNC(CN1CC(C)CCC1C)c1ccc(C)cc1. The summed E-state index contributed by atoms with van der Waals surface area (Å²) in [5, 5.41) is 3.75. The lowest BCUT2D eigenvalue weighted by Crippen LogP contribution is -2.45. The monoisotopic (exact) mass is 288 g/mol. The zero-order chi connectivity index (χ0) is 15.2. The molecule has 0 amide bonds. The van der Waals surface area contributed by atoms with E-state index in [0.29, 0.717) is 6.04 Å². The predicted molar refractivity (Wildman–Crippen MR) is 91.6 cm³/mol. The molecule has 1 aliphatic heterocycles. The lowest BCUT2D eigenvalue weighted by molar-refractivity contribution is 0.112. The maximum atomic E-state index is 3.75. The highest BCUT2D eigenvalue weighted by molar-refractivity contribution is 5.24. The van der Waals surface area contributed by atoms with Crippen molar-refractivity contribution in [3.63, 3.8) is 0 Å². The summed E-state index contributed by atoms with van der Waals surface area (Å²) in [5.41, 5.74) is 2.77. The lowest BCUT2D eigenvalue weighted by atomic mass is 9.93. The number of likely N-dealkylation sites (tertiary alicyclic amines) is 1. The van der Waals surface area contributed by atoms with Crippen LogP contribution in [0.3, 0.4) is 0 Å². The van der Waals surface area contributed by atoms with Crippen LogP contribution in [-0.2, 0) is 0 Å². The smallest absolute Gasteiger partial charge is 0.0449 e. The van der Waals surface area contributed by atoms with Gasteiger partial charge in [-0.2, -0.15) is 0 Å². The first-order valence-electron chi connectivity index (χ1n) is 8.64. The van der Waals surface area contributed by atoms with E-state index in [4.69, 9.17) is 0 Å². The minimum Gasteiger partial charge on any atom is -0.309 e. The second-order valence-electron chi connectivity index (χ2n) is 6.90. The number of rotatable bonds is 6. The third kappa shape index (κ3) is 4.82. The number of aryl methyl sites for hydroxylation is 1. The molecular weight excluding hydrogens is 256 g/mol. The normalized spacial score (nSPS) is 25.0. The number of hydrogen-bond donors (Lipinski definition) is 1. The average molecular weight is 288 g/mol. The molecule has 118 valence electrons. The molecule has 2 rings (SSSR count). The Morgan fingerprint density at radius 2 is 1.90 bits per heavy atom. The Morgan fingerprint density at radius 3 is 2.57 bits per heavy atom. The lowest BCUT2D eigenvalue weighted by Gasteiger charge is -2.39. The molecule has 3 unspecified atom stereocenters. The molecule has 0 aromatic heterocycles. The van der Waals surface area contributed by atoms with E-state index in [9.17, 15) is 0 Å². The van der Waals surface area contributed by atoms with Crippen LogP contribution in [0.4, 0.5) is 0 Å². The van der Waals surface area contributed by atoms with Gasteiger partial charge >= 0.3 is 0 Å². The standard InChI is InChI=1S/C19H32N2/c1-5-12-20-19(18-10-7-15(2)8-11-18)14-21-13-16(3)6-9-17(21)4/h7-8,10-11,16-17,19-20H,5-6,9,12-14H2,1-4H3. The van der Waals surface area contributed by atoms with Gasteiger partial charge < -0.3 is 5.32 Å². The molecule has 1 aliphatic rings. The minimum atomic E-state index is 0.457. The molecule has 0 saturated carbocycles. The van der Waals surface area contributed by atoms with E-state index in [2.05, 4.69) is 62.2 Å². The van der Waals surface area contributed by atoms with Crippen LogP contribution in [0.15, 0.2) is 24.3 Å². The second kappa shape index (κ2) is 7.95. The first-order valence-corrected chi connectivity index (χ1v) is 8.64. The Balaban J connectivity index is 2.06. The van der Waals surface area contributed by atoms with Gasteiger partial charge in [-0.25, -0.2) is 0 Å². The van der Waals surface area contributed by atoms with Crippen molar-refractivity contribution in [1.82, 2.24) is 10.2 Å². The highest BCUT2D eigenvalue weighted by Gasteiger charge is 2.25. The molecule has 1 fully saturated rings. The van der Waals surface area contributed by atoms with E-state index < -0.39 is 0 Å². The van der Waals surface area contributed by atoms with Crippen molar-refractivity contribution in [1.29, 1.82) is 0 Å². The molecule has 0 radical (unpaired) electrons. The van der Waals surface area contributed by atoms with Crippen LogP contribution in [0.5, 0.6) is 0 Å². The molecule has 0 spiro atoms. The Labute approximate surface area is 130 Å². The molecule has 21 heavy (non-hydrogen) atoms. The molecule has 1 N–H and O–H groups in total. The molecule has 2 heteroatoms. The molecule has 1 heterocycles. The maximum Gasteiger partial charge on any atom is 0.0449 e. The fourth-order valence-electron chi connectivity index (χ4n) is 3.27. The van der Waals surface area contributed by atoms with Gasteiger partial charge in [0.05, 0.1) is 0 Å². The van der Waals surface area contributed by atoms with Gasteiger partial charge in [0.2, 0.25) is 0 Å². The fraction of sp³-hybridized carbons (Fsp3) is 0.684. The molecule has 0 bridgehead atoms. The van der Waals surface area contributed by atoms with Crippen LogP contribution in [-0.4, -0.2) is 30.6 Å². The number of nitrogens with one attached hydrogen (secondary N) is 1. The summed E-state index contributed by atoms with van der Waals surface area (Å²) < 4.78 is 0. The van der Waals surface area contributed by atoms with Crippen molar-refractivity contribution < 1.29 is 0 Å². The number of hydrogen-bond acceptors (Lipinski definition) is 2. The van der Waals surface area contributed by atoms with E-state index in [1.54, 1.807) is 0 Å². The first kappa shape index (κ1) is 16.5. The van der Waals surface area contributed by atoms with Gasteiger partial charge in [-0.15, -0.1) is 0 Å². The second-order valence-corrected chi connectivity index (χ2v) is 6.90. The van der Waals surface area contributed by atoms with Gasteiger partial charge in [-0.1, -0.05) is 43.7 Å². The topological polar surface area (TPSA) is 15.3 Å². The molecule has 1 aromatic carbocycles. The van der Waals surface area contributed by atoms with Crippen molar-refractivity contribution in [2.75, 3.05) is 19.6 Å². The van der Waals surface area contributed by atoms with Gasteiger partial charge in [0.15, 0.2) is 0 Å². The van der Waals surface area contributed by atoms with Gasteiger partial charge in [0.1, 0.15) is 0 Å². The Bertz CT molecular complexity index is 412. The van der Waals surface area contributed by atoms with E-state index >= 15 is 0 Å². The van der Waals surface area contributed by atoms with Crippen LogP contribution in [0.25, 0.3) is 0 Å². The summed E-state index contributed by atoms with van der Waals surface area (Å²) >= 11 is 0. The van der Waals surface area contributed by atoms with E-state index in [-0.39, 0.29) is 0 Å². The fourth-order valence-corrected chi connectivity index (χ4v) is 3.27. The van der Waals surface area contributed by atoms with Crippen molar-refractivity contribution >= 4 is 0 Å². The zero-order valence-electron chi connectivity index (χ0n) is 14.2. The van der Waals surface area contributed by atoms with Crippen molar-refractivity contribution in [2.24, 2.45) is 5.92 Å². The molecule has 3 atom stereocenters. The summed E-state index contributed by atoms with van der Waals surface area (Å²) in [7, 11) is 0. The Hall–Kier alpha value is -0.860. The molecular formula is C19H32N2. The maximum absolute atomic E-state index is 3.75. The van der Waals surface area contributed by atoms with Gasteiger partial charge in [0, 0.05) is 25.2 Å². The first-order chi connectivity index (χ1) is 10.1. The van der Waals surface area contributed by atoms with Crippen LogP contribution in [0, 0.1) is 12.8 Å². The van der Waals surface area contributed by atoms with E-state index in [0.717, 1.165) is 25.0 Å². The molecule has 1 aromatic rings. The van der Waals surface area contributed by atoms with Crippen LogP contribution >= 0.6 is 0 Å². The molecule has 2 nitrogen and oxygen atoms in total. The van der Waals surface area contributed by atoms with Gasteiger partial charge in [-0.3, -0.25) is 4.90 Å². The summed E-state index contributed by atoms with van der Waals surface area (Å²) in [4.78, 5) is 2.68. The molecule has 1 saturated heterocycles. The van der Waals surface area contributed by atoms with E-state index in [1.807, 2.05) is 0 Å². The zero-order valence-corrected chi connectivity index (χ0v) is 14.2. The molecule has 0 aliphatic carbocycles. The highest BCUT2D eigenvalue weighted by Crippen LogP contribution is 2.24. The van der Waals surface area contributed by atoms with Crippen LogP contribution in [0.2, 0.25) is 0 Å². The summed E-state index contributed by atoms with van der Waals surface area (Å²) in [6.45, 7) is 12.6. The summed E-state index contributed by atoms with van der Waals surface area (Å²) in [5.74, 6) is 0.839. The summed E-state index contributed by atoms with van der Waals surface area (Å²) in [6, 6.07) is 10.2. The quantitative estimate of drug-likeness (QED) is 0.845. The highest BCUT2D eigenvalue weighted by atomic mass is 15.2. The summed E-state index contributed by atoms with van der Waals surface area (Å²) in [6.07, 6.45) is 3.92. The largest absolute Gasteiger partial charge is 0.309 e. The van der Waals surface area contributed by atoms with Gasteiger partial charge in [0.25, 0.3) is 0 Å². The minimum absolute atomic E-state index is 0.457. The average Bonchev–Trinajstić information content (AvgIpc) is 2.48.